The fourth-order valence-corrected chi connectivity index (χ4v) is 2.43. The van der Waals surface area contributed by atoms with E-state index in [9.17, 15) is 14.0 Å². The molecular weight excluding hydrogens is 335 g/mol. The van der Waals surface area contributed by atoms with Crippen LogP contribution < -0.4 is 10.9 Å². The number of benzene rings is 2. The zero-order valence-electron chi connectivity index (χ0n) is 14.3. The predicted octanol–water partition coefficient (Wildman–Crippen LogP) is 2.70. The summed E-state index contributed by atoms with van der Waals surface area (Å²) in [6.07, 6.45) is 1.44. The summed E-state index contributed by atoms with van der Waals surface area (Å²) in [7, 11) is 0. The van der Waals surface area contributed by atoms with Crippen LogP contribution in [0.25, 0.3) is 5.69 Å². The first-order valence-corrected chi connectivity index (χ1v) is 7.93. The van der Waals surface area contributed by atoms with Crippen LogP contribution in [0.5, 0.6) is 0 Å². The summed E-state index contributed by atoms with van der Waals surface area (Å²) in [4.78, 5) is 24.3. The van der Waals surface area contributed by atoms with Crippen LogP contribution in [0.3, 0.4) is 0 Å². The summed E-state index contributed by atoms with van der Waals surface area (Å²) in [5, 5.41) is 4.23. The van der Waals surface area contributed by atoms with Crippen LogP contribution in [0.15, 0.2) is 54.7 Å². The van der Waals surface area contributed by atoms with E-state index >= 15 is 0 Å². The van der Waals surface area contributed by atoms with Gasteiger partial charge >= 0.3 is 0 Å². The molecule has 3 rings (SSSR count). The van der Waals surface area contributed by atoms with Crippen LogP contribution in [0.1, 0.15) is 32.0 Å². The average molecular weight is 352 g/mol. The van der Waals surface area contributed by atoms with E-state index in [4.69, 9.17) is 0 Å². The molecule has 1 aromatic heterocycles. The zero-order chi connectivity index (χ0) is 18.7. The van der Waals surface area contributed by atoms with E-state index in [1.54, 1.807) is 11.6 Å². The van der Waals surface area contributed by atoms with Crippen LogP contribution in [-0.2, 0) is 0 Å². The highest BCUT2D eigenvalue weighted by molar-refractivity contribution is 5.99. The summed E-state index contributed by atoms with van der Waals surface area (Å²) in [5.74, 6) is -1.47. The average Bonchev–Trinajstić information content (AvgIpc) is 3.02. The first-order chi connectivity index (χ1) is 12.5. The Morgan fingerprint density at radius 2 is 1.54 bits per heavy atom. The van der Waals surface area contributed by atoms with Gasteiger partial charge in [-0.15, -0.1) is 0 Å². The first-order valence-electron chi connectivity index (χ1n) is 7.93. The number of aromatic nitrogens is 2. The van der Waals surface area contributed by atoms with Gasteiger partial charge in [0.25, 0.3) is 11.8 Å². The first kappa shape index (κ1) is 17.3. The molecule has 0 unspecified atom stereocenters. The summed E-state index contributed by atoms with van der Waals surface area (Å²) in [6.45, 7) is 3.76. The molecule has 0 atom stereocenters. The van der Waals surface area contributed by atoms with Crippen molar-refractivity contribution < 1.29 is 14.0 Å². The van der Waals surface area contributed by atoms with Crippen LogP contribution in [0.2, 0.25) is 0 Å². The highest BCUT2D eigenvalue weighted by atomic mass is 19.1. The molecule has 3 aromatic rings. The molecule has 0 fully saturated rings. The Kier molecular flexibility index (Phi) is 4.79. The van der Waals surface area contributed by atoms with Crippen LogP contribution in [0.4, 0.5) is 4.39 Å². The highest BCUT2D eigenvalue weighted by Gasteiger charge is 2.16. The Morgan fingerprint density at radius 3 is 2.19 bits per heavy atom. The third kappa shape index (κ3) is 3.61. The normalized spacial score (nSPS) is 10.4. The van der Waals surface area contributed by atoms with E-state index < -0.39 is 17.6 Å². The van der Waals surface area contributed by atoms with Crippen molar-refractivity contribution >= 4 is 11.8 Å². The number of rotatable bonds is 3. The number of nitrogens with one attached hydrogen (secondary N) is 2. The van der Waals surface area contributed by atoms with Crippen molar-refractivity contribution in [1.82, 2.24) is 20.6 Å². The van der Waals surface area contributed by atoms with Crippen molar-refractivity contribution in [1.29, 1.82) is 0 Å². The number of carbonyl (C=O) groups is 2. The number of halogens is 1. The van der Waals surface area contributed by atoms with E-state index in [2.05, 4.69) is 16.0 Å². The van der Waals surface area contributed by atoms with Crippen LogP contribution in [-0.4, -0.2) is 21.6 Å². The number of amides is 2. The molecule has 0 saturated carbocycles. The van der Waals surface area contributed by atoms with Gasteiger partial charge in [-0.1, -0.05) is 17.7 Å². The lowest BCUT2D eigenvalue weighted by Crippen LogP contribution is -2.41. The zero-order valence-corrected chi connectivity index (χ0v) is 14.3. The second-order valence-electron chi connectivity index (χ2n) is 5.81. The minimum absolute atomic E-state index is 0.235. The topological polar surface area (TPSA) is 76.0 Å². The smallest absolute Gasteiger partial charge is 0.267 e. The van der Waals surface area contributed by atoms with Crippen molar-refractivity contribution in [3.8, 4) is 5.69 Å². The molecule has 0 bridgehead atoms. The van der Waals surface area contributed by atoms with E-state index in [0.717, 1.165) is 11.3 Å². The van der Waals surface area contributed by atoms with E-state index in [-0.39, 0.29) is 5.56 Å². The molecule has 0 spiro atoms. The summed E-state index contributed by atoms with van der Waals surface area (Å²) < 4.78 is 14.5. The Hall–Kier alpha value is -3.48. The largest absolute Gasteiger partial charge is 0.273 e. The van der Waals surface area contributed by atoms with Gasteiger partial charge in [0.15, 0.2) is 0 Å². The Labute approximate surface area is 149 Å². The molecule has 1 heterocycles. The van der Waals surface area contributed by atoms with Gasteiger partial charge in [0.2, 0.25) is 0 Å². The van der Waals surface area contributed by atoms with Crippen molar-refractivity contribution in [2.24, 2.45) is 0 Å². The van der Waals surface area contributed by atoms with Crippen LogP contribution >= 0.6 is 0 Å². The second kappa shape index (κ2) is 7.18. The maximum absolute atomic E-state index is 12.9. The van der Waals surface area contributed by atoms with Gasteiger partial charge in [0.1, 0.15) is 5.82 Å². The second-order valence-corrected chi connectivity index (χ2v) is 5.81. The highest BCUT2D eigenvalue weighted by Crippen LogP contribution is 2.14. The molecule has 7 heteroatoms. The predicted molar refractivity (Wildman–Crippen MR) is 94.4 cm³/mol. The van der Waals surface area contributed by atoms with Gasteiger partial charge in [0.05, 0.1) is 23.1 Å². The Morgan fingerprint density at radius 1 is 0.923 bits per heavy atom. The monoisotopic (exact) mass is 352 g/mol. The van der Waals surface area contributed by atoms with Crippen molar-refractivity contribution in [2.45, 2.75) is 13.8 Å². The van der Waals surface area contributed by atoms with Gasteiger partial charge in [-0.2, -0.15) is 5.10 Å². The van der Waals surface area contributed by atoms with Crippen molar-refractivity contribution in [3.05, 3.63) is 82.9 Å². The standard InChI is InChI=1S/C19H17FN4O2/c1-12-3-9-16(10-4-12)24-13(2)17(11-21-24)19(26)23-22-18(25)14-5-7-15(20)8-6-14/h3-11H,1-2H3,(H,22,25)(H,23,26). The molecule has 6 nitrogen and oxygen atoms in total. The SMILES string of the molecule is Cc1ccc(-n2ncc(C(=O)NNC(=O)c3ccc(F)cc3)c2C)cc1. The lowest BCUT2D eigenvalue weighted by atomic mass is 10.2. The molecule has 2 aromatic carbocycles. The fraction of sp³-hybridized carbons (Fsp3) is 0.105. The van der Waals surface area contributed by atoms with E-state index in [0.29, 0.717) is 11.3 Å². The summed E-state index contributed by atoms with van der Waals surface area (Å²) in [5.41, 5.74) is 7.82. The Bertz CT molecular complexity index is 947. The molecule has 0 radical (unpaired) electrons. The van der Waals surface area contributed by atoms with Crippen LogP contribution in [0, 0.1) is 19.7 Å². The number of hydrogen-bond acceptors (Lipinski definition) is 3. The lowest BCUT2D eigenvalue weighted by Gasteiger charge is -2.08. The molecule has 2 N–H and O–H groups in total. The third-order valence-electron chi connectivity index (χ3n) is 3.93. The van der Waals surface area contributed by atoms with E-state index in [1.807, 2.05) is 31.2 Å². The number of aryl methyl sites for hydroxylation is 1. The molecule has 0 saturated heterocycles. The molecule has 132 valence electrons. The maximum atomic E-state index is 12.9. The number of nitrogens with zero attached hydrogens (tertiary/aromatic N) is 2. The Balaban J connectivity index is 1.69. The van der Waals surface area contributed by atoms with Crippen molar-refractivity contribution in [3.63, 3.8) is 0 Å². The number of hydrogen-bond donors (Lipinski definition) is 2. The minimum Gasteiger partial charge on any atom is -0.267 e. The molecule has 0 aliphatic heterocycles. The molecular formula is C19H17FN4O2. The van der Waals surface area contributed by atoms with Gasteiger partial charge in [-0.3, -0.25) is 20.4 Å². The molecule has 0 aliphatic rings. The summed E-state index contributed by atoms with van der Waals surface area (Å²) in [6, 6.07) is 12.7. The number of carbonyl (C=O) groups excluding carboxylic acids is 2. The van der Waals surface area contributed by atoms with E-state index in [1.165, 1.54) is 30.5 Å². The van der Waals surface area contributed by atoms with Crippen molar-refractivity contribution in [2.75, 3.05) is 0 Å². The third-order valence-corrected chi connectivity index (χ3v) is 3.93. The fourth-order valence-electron chi connectivity index (χ4n) is 2.43. The molecule has 26 heavy (non-hydrogen) atoms. The number of hydrazine groups is 1. The lowest BCUT2D eigenvalue weighted by molar-refractivity contribution is 0.0846. The van der Waals surface area contributed by atoms with Gasteiger partial charge in [0, 0.05) is 5.56 Å². The van der Waals surface area contributed by atoms with Gasteiger partial charge in [-0.25, -0.2) is 9.07 Å². The quantitative estimate of drug-likeness (QED) is 0.712. The van der Waals surface area contributed by atoms with Gasteiger partial charge < -0.3 is 0 Å². The maximum Gasteiger partial charge on any atom is 0.273 e. The molecule has 0 aliphatic carbocycles. The molecule has 2 amide bonds. The minimum atomic E-state index is -0.540. The summed E-state index contributed by atoms with van der Waals surface area (Å²) >= 11 is 0. The van der Waals surface area contributed by atoms with Gasteiger partial charge in [-0.05, 0) is 50.2 Å².